The van der Waals surface area contributed by atoms with E-state index in [-0.39, 0.29) is 6.04 Å². The molecular weight excluding hydrogens is 174 g/mol. The Morgan fingerprint density at radius 1 is 1.29 bits per heavy atom. The minimum Gasteiger partial charge on any atom is -0.297 e. The van der Waals surface area contributed by atoms with Crippen molar-refractivity contribution in [3.63, 3.8) is 0 Å². The molecular formula is C11H18N3. The highest BCUT2D eigenvalue weighted by atomic mass is 15.1. The van der Waals surface area contributed by atoms with Gasteiger partial charge in [-0.3, -0.25) is 4.90 Å². The third kappa shape index (κ3) is 2.51. The van der Waals surface area contributed by atoms with E-state index in [1.165, 1.54) is 0 Å². The third-order valence-electron chi connectivity index (χ3n) is 2.44. The van der Waals surface area contributed by atoms with Gasteiger partial charge in [-0.1, -0.05) is 13.8 Å². The number of nitrogens with zero attached hydrogens (tertiary/aromatic N) is 3. The second-order valence-electron chi connectivity index (χ2n) is 3.30. The quantitative estimate of drug-likeness (QED) is 0.730. The summed E-state index contributed by atoms with van der Waals surface area (Å²) in [5.74, 6) is 0.806. The Balaban J connectivity index is 2.77. The van der Waals surface area contributed by atoms with Crippen molar-refractivity contribution in [2.75, 3.05) is 13.1 Å². The predicted octanol–water partition coefficient (Wildman–Crippen LogP) is 2.00. The fourth-order valence-corrected chi connectivity index (χ4v) is 1.45. The minimum absolute atomic E-state index is 0.158. The third-order valence-corrected chi connectivity index (χ3v) is 2.44. The molecule has 0 fully saturated rings. The fraction of sp³-hybridized carbons (Fsp3) is 0.545. The largest absolute Gasteiger partial charge is 0.297 e. The van der Waals surface area contributed by atoms with Crippen LogP contribution >= 0.6 is 0 Å². The van der Waals surface area contributed by atoms with Gasteiger partial charge in [-0.25, -0.2) is 9.97 Å². The summed E-state index contributed by atoms with van der Waals surface area (Å²) in [6.07, 6.45) is 3.72. The maximum absolute atomic E-state index is 4.17. The fourth-order valence-electron chi connectivity index (χ4n) is 1.45. The van der Waals surface area contributed by atoms with Crippen LogP contribution in [0.1, 0.15) is 31.3 Å². The van der Waals surface area contributed by atoms with Crippen molar-refractivity contribution in [3.8, 4) is 0 Å². The number of rotatable bonds is 4. The van der Waals surface area contributed by atoms with Gasteiger partial charge in [0.25, 0.3) is 0 Å². The second kappa shape index (κ2) is 5.05. The summed E-state index contributed by atoms with van der Waals surface area (Å²) in [5.41, 5.74) is 1.08. The molecule has 0 N–H and O–H groups in total. The number of hydrogen-bond acceptors (Lipinski definition) is 3. The van der Waals surface area contributed by atoms with Crippen molar-refractivity contribution in [1.82, 2.24) is 14.9 Å². The van der Waals surface area contributed by atoms with E-state index in [1.807, 2.05) is 19.3 Å². The highest BCUT2D eigenvalue weighted by Gasteiger charge is 2.12. The van der Waals surface area contributed by atoms with Crippen LogP contribution in [0.5, 0.6) is 0 Å². The molecule has 0 aliphatic heterocycles. The van der Waals surface area contributed by atoms with Crippen LogP contribution in [0.2, 0.25) is 0 Å². The van der Waals surface area contributed by atoms with Crippen LogP contribution in [0.25, 0.3) is 0 Å². The van der Waals surface area contributed by atoms with Gasteiger partial charge < -0.3 is 0 Å². The van der Waals surface area contributed by atoms with Gasteiger partial charge in [-0.15, -0.1) is 0 Å². The van der Waals surface area contributed by atoms with Crippen molar-refractivity contribution in [1.29, 1.82) is 0 Å². The van der Waals surface area contributed by atoms with Crippen LogP contribution in [0, 0.1) is 13.8 Å². The molecule has 1 aromatic heterocycles. The van der Waals surface area contributed by atoms with E-state index >= 15 is 0 Å². The number of aryl methyl sites for hydroxylation is 1. The molecule has 0 amide bonds. The summed E-state index contributed by atoms with van der Waals surface area (Å²) >= 11 is 0. The lowest BCUT2D eigenvalue weighted by Gasteiger charge is -2.25. The van der Waals surface area contributed by atoms with E-state index in [4.69, 9.17) is 0 Å². The van der Waals surface area contributed by atoms with Crippen molar-refractivity contribution < 1.29 is 0 Å². The van der Waals surface area contributed by atoms with E-state index in [0.717, 1.165) is 24.5 Å². The molecule has 0 saturated carbocycles. The molecule has 3 nitrogen and oxygen atoms in total. The number of aromatic nitrogens is 2. The lowest BCUT2D eigenvalue weighted by Crippen LogP contribution is -2.26. The molecule has 0 saturated heterocycles. The number of hydrogen-bond donors (Lipinski definition) is 0. The Morgan fingerprint density at radius 3 is 2.21 bits per heavy atom. The zero-order chi connectivity index (χ0) is 10.6. The van der Waals surface area contributed by atoms with Gasteiger partial charge in [0.15, 0.2) is 0 Å². The first-order valence-corrected chi connectivity index (χ1v) is 5.04. The topological polar surface area (TPSA) is 29.0 Å². The molecule has 1 rings (SSSR count). The molecule has 1 unspecified atom stereocenters. The van der Waals surface area contributed by atoms with Crippen LogP contribution < -0.4 is 0 Å². The van der Waals surface area contributed by atoms with Gasteiger partial charge in [0.1, 0.15) is 5.82 Å². The van der Waals surface area contributed by atoms with E-state index in [9.17, 15) is 0 Å². The van der Waals surface area contributed by atoms with Crippen LogP contribution in [0.15, 0.2) is 12.4 Å². The Hall–Kier alpha value is -0.960. The van der Waals surface area contributed by atoms with E-state index in [2.05, 4.69) is 35.6 Å². The summed E-state index contributed by atoms with van der Waals surface area (Å²) in [6.45, 7) is 12.3. The van der Waals surface area contributed by atoms with Crippen molar-refractivity contribution in [3.05, 3.63) is 30.7 Å². The summed E-state index contributed by atoms with van der Waals surface area (Å²) in [5, 5.41) is 0. The van der Waals surface area contributed by atoms with Gasteiger partial charge >= 0.3 is 0 Å². The first-order chi connectivity index (χ1) is 6.69. The average molecular weight is 192 g/mol. The zero-order valence-electron chi connectivity index (χ0n) is 9.20. The van der Waals surface area contributed by atoms with Crippen molar-refractivity contribution in [2.45, 2.75) is 26.8 Å². The van der Waals surface area contributed by atoms with Gasteiger partial charge in [0.2, 0.25) is 0 Å². The van der Waals surface area contributed by atoms with Crippen molar-refractivity contribution in [2.24, 2.45) is 0 Å². The lowest BCUT2D eigenvalue weighted by molar-refractivity contribution is 0.254. The molecule has 0 spiro atoms. The Labute approximate surface area is 86.2 Å². The van der Waals surface area contributed by atoms with Crippen LogP contribution in [-0.4, -0.2) is 28.0 Å². The van der Waals surface area contributed by atoms with Gasteiger partial charge in [-0.05, 0) is 26.9 Å². The first-order valence-electron chi connectivity index (χ1n) is 5.04. The van der Waals surface area contributed by atoms with E-state index in [0.29, 0.717) is 0 Å². The maximum Gasteiger partial charge on any atom is 0.125 e. The standard InChI is InChI=1S/C11H18N3/c1-5-14(6-2)9(3)11-7-12-10(4)13-8-11/h7-9H,3,5-6H2,1-2,4H3. The molecule has 0 aliphatic rings. The molecule has 77 valence electrons. The predicted molar refractivity (Wildman–Crippen MR) is 57.8 cm³/mol. The van der Waals surface area contributed by atoms with Gasteiger partial charge in [0, 0.05) is 24.0 Å². The maximum atomic E-state index is 4.17. The molecule has 1 atom stereocenters. The summed E-state index contributed by atoms with van der Waals surface area (Å²) in [6, 6.07) is 0.158. The highest BCUT2D eigenvalue weighted by Crippen LogP contribution is 2.17. The molecule has 0 bridgehead atoms. The average Bonchev–Trinajstić information content (AvgIpc) is 2.20. The molecule has 1 heterocycles. The smallest absolute Gasteiger partial charge is 0.125 e. The monoisotopic (exact) mass is 192 g/mol. The molecule has 1 radical (unpaired) electrons. The molecule has 1 aromatic rings. The van der Waals surface area contributed by atoms with E-state index in [1.54, 1.807) is 0 Å². The van der Waals surface area contributed by atoms with Crippen molar-refractivity contribution >= 4 is 0 Å². The lowest BCUT2D eigenvalue weighted by atomic mass is 10.1. The molecule has 14 heavy (non-hydrogen) atoms. The second-order valence-corrected chi connectivity index (χ2v) is 3.30. The molecule has 3 heteroatoms. The van der Waals surface area contributed by atoms with Crippen LogP contribution in [0.4, 0.5) is 0 Å². The van der Waals surface area contributed by atoms with E-state index < -0.39 is 0 Å². The summed E-state index contributed by atoms with van der Waals surface area (Å²) in [4.78, 5) is 10.6. The van der Waals surface area contributed by atoms with Gasteiger partial charge in [0.05, 0.1) is 0 Å². The summed E-state index contributed by atoms with van der Waals surface area (Å²) in [7, 11) is 0. The Bertz CT molecular complexity index is 264. The van der Waals surface area contributed by atoms with Crippen LogP contribution in [-0.2, 0) is 0 Å². The Kier molecular flexibility index (Phi) is 4.01. The van der Waals surface area contributed by atoms with Gasteiger partial charge in [-0.2, -0.15) is 0 Å². The normalized spacial score (nSPS) is 13.2. The SMILES string of the molecule is [CH2]C(c1cnc(C)nc1)N(CC)CC. The minimum atomic E-state index is 0.158. The summed E-state index contributed by atoms with van der Waals surface area (Å²) < 4.78 is 0. The first kappa shape index (κ1) is 11.1. The highest BCUT2D eigenvalue weighted by molar-refractivity contribution is 5.12. The zero-order valence-corrected chi connectivity index (χ0v) is 9.20. The van der Waals surface area contributed by atoms with Crippen LogP contribution in [0.3, 0.4) is 0 Å². The molecule has 0 aromatic carbocycles. The molecule has 0 aliphatic carbocycles. The Morgan fingerprint density at radius 2 is 1.79 bits per heavy atom.